The van der Waals surface area contributed by atoms with E-state index in [1.807, 2.05) is 0 Å². The minimum atomic E-state index is -5.14. The van der Waals surface area contributed by atoms with Crippen LogP contribution in [0, 0.1) is 0 Å². The van der Waals surface area contributed by atoms with Gasteiger partial charge in [0, 0.05) is 18.9 Å². The molecule has 6 heavy (non-hydrogen) atoms. The fourth-order valence-corrected chi connectivity index (χ4v) is 0. The monoisotopic (exact) mass is 107 g/mol. The molecule has 0 aromatic heterocycles. The van der Waals surface area contributed by atoms with Crippen LogP contribution >= 0.6 is 7.91 Å². The van der Waals surface area contributed by atoms with Gasteiger partial charge in [-0.15, -0.1) is 4.20 Å². The van der Waals surface area contributed by atoms with Crippen LogP contribution in [0.5, 0.6) is 0 Å². The summed E-state index contributed by atoms with van der Waals surface area (Å²) in [5.41, 5.74) is 0. The van der Waals surface area contributed by atoms with Crippen LogP contribution in [0.4, 0.5) is 4.20 Å². The summed E-state index contributed by atoms with van der Waals surface area (Å²) >= 11 is 0. The van der Waals surface area contributed by atoms with E-state index in [4.69, 9.17) is 14.4 Å². The summed E-state index contributed by atoms with van der Waals surface area (Å²) in [6, 6.07) is 0. The molecule has 33 valence electrons. The van der Waals surface area contributed by atoms with Gasteiger partial charge in [0.15, 0.2) is 0 Å². The Morgan fingerprint density at radius 3 is 1.50 bits per heavy atom. The SMILES string of the molecule is O=P(O)(O)F.[Li]. The van der Waals surface area contributed by atoms with Crippen LogP contribution < -0.4 is 0 Å². The minimum absolute atomic E-state index is 0. The molecule has 0 heterocycles. The minimum Gasteiger partial charge on any atom is -0.299 e. The molecule has 0 atom stereocenters. The summed E-state index contributed by atoms with van der Waals surface area (Å²) in [4.78, 5) is 13.9. The predicted octanol–water partition coefficient (Wildman–Crippen LogP) is -0.332. The smallest absolute Gasteiger partial charge is 0.299 e. The van der Waals surface area contributed by atoms with Gasteiger partial charge in [0.1, 0.15) is 0 Å². The molecule has 0 rings (SSSR count). The molecule has 3 nitrogen and oxygen atoms in total. The first-order valence-corrected chi connectivity index (χ1v) is 2.25. The number of hydrogen-bond acceptors (Lipinski definition) is 1. The normalized spacial score (nSPS) is 9.83. The maximum absolute atomic E-state index is 10.4. The van der Waals surface area contributed by atoms with E-state index in [-0.39, 0.29) is 18.9 Å². The molecule has 0 fully saturated rings. The molecule has 0 aromatic carbocycles. The zero-order valence-electron chi connectivity index (χ0n) is 3.13. The molecule has 0 amide bonds. The molecular formula is H2FLiO3P. The standard InChI is InChI=1S/FH2O3P.Li/c1-5(2,3)4;/h(H2,2,3,4);. The summed E-state index contributed by atoms with van der Waals surface area (Å²) in [6.07, 6.45) is 0. The molecule has 0 saturated carbocycles. The van der Waals surface area contributed by atoms with Crippen LogP contribution in [0.1, 0.15) is 0 Å². The topological polar surface area (TPSA) is 57.5 Å². The molecule has 0 saturated heterocycles. The van der Waals surface area contributed by atoms with Crippen LogP contribution in [-0.4, -0.2) is 28.6 Å². The third-order valence-electron chi connectivity index (χ3n) is 0. The van der Waals surface area contributed by atoms with Crippen LogP contribution in [0.15, 0.2) is 0 Å². The van der Waals surface area contributed by atoms with Crippen molar-refractivity contribution in [3.63, 3.8) is 0 Å². The van der Waals surface area contributed by atoms with Crippen molar-refractivity contribution in [2.24, 2.45) is 0 Å². The Morgan fingerprint density at radius 2 is 1.50 bits per heavy atom. The summed E-state index contributed by atoms with van der Waals surface area (Å²) in [5.74, 6) is 0. The van der Waals surface area contributed by atoms with E-state index >= 15 is 0 Å². The average molecular weight is 107 g/mol. The van der Waals surface area contributed by atoms with Crippen LogP contribution in [0.25, 0.3) is 0 Å². The van der Waals surface area contributed by atoms with Gasteiger partial charge in [-0.05, 0) is 0 Å². The van der Waals surface area contributed by atoms with Crippen molar-refractivity contribution in [1.82, 2.24) is 0 Å². The molecule has 0 bridgehead atoms. The van der Waals surface area contributed by atoms with Gasteiger partial charge in [-0.1, -0.05) is 0 Å². The fraction of sp³-hybridized carbons (Fsp3) is 0. The quantitative estimate of drug-likeness (QED) is 0.329. The van der Waals surface area contributed by atoms with Crippen molar-refractivity contribution in [2.75, 3.05) is 0 Å². The van der Waals surface area contributed by atoms with E-state index in [1.165, 1.54) is 0 Å². The van der Waals surface area contributed by atoms with Gasteiger partial charge >= 0.3 is 7.91 Å². The zero-order chi connectivity index (χ0) is 4.50. The molecule has 0 unspecified atom stereocenters. The van der Waals surface area contributed by atoms with Gasteiger partial charge in [-0.2, -0.15) is 0 Å². The van der Waals surface area contributed by atoms with Crippen molar-refractivity contribution in [2.45, 2.75) is 0 Å². The molecule has 0 aliphatic carbocycles. The largest absolute Gasteiger partial charge is 0.507 e. The number of halogens is 1. The Hall–Kier alpha value is 0.677. The molecular weight excluding hydrogens is 105 g/mol. The third-order valence-corrected chi connectivity index (χ3v) is 0. The molecule has 0 aromatic rings. The Kier molecular flexibility index (Phi) is 4.57. The second-order valence-corrected chi connectivity index (χ2v) is 1.42. The van der Waals surface area contributed by atoms with E-state index in [0.717, 1.165) is 0 Å². The molecule has 6 heteroatoms. The summed E-state index contributed by atoms with van der Waals surface area (Å²) in [7, 11) is -5.14. The van der Waals surface area contributed by atoms with Gasteiger partial charge in [0.05, 0.1) is 0 Å². The van der Waals surface area contributed by atoms with Gasteiger partial charge in [-0.25, -0.2) is 4.57 Å². The molecule has 0 aliphatic heterocycles. The molecule has 1 radical (unpaired) electrons. The van der Waals surface area contributed by atoms with Crippen molar-refractivity contribution >= 4 is 26.8 Å². The number of hydrogen-bond donors (Lipinski definition) is 2. The van der Waals surface area contributed by atoms with Crippen molar-refractivity contribution in [3.8, 4) is 0 Å². The van der Waals surface area contributed by atoms with Crippen molar-refractivity contribution in [3.05, 3.63) is 0 Å². The average Bonchev–Trinajstić information content (AvgIpc) is 0.722. The van der Waals surface area contributed by atoms with Gasteiger partial charge < -0.3 is 0 Å². The predicted molar refractivity (Wildman–Crippen MR) is 18.9 cm³/mol. The Labute approximate surface area is 46.0 Å². The van der Waals surface area contributed by atoms with Gasteiger partial charge in [0.2, 0.25) is 0 Å². The zero-order valence-corrected chi connectivity index (χ0v) is 4.02. The Balaban J connectivity index is 0. The van der Waals surface area contributed by atoms with E-state index in [9.17, 15) is 4.20 Å². The third kappa shape index (κ3) is 138. The first-order valence-electron chi connectivity index (χ1n) is 0.752. The van der Waals surface area contributed by atoms with Crippen LogP contribution in [0.2, 0.25) is 0 Å². The molecule has 2 N–H and O–H groups in total. The summed E-state index contributed by atoms with van der Waals surface area (Å²) in [6.45, 7) is 0. The Bertz CT molecular complexity index is 56.9. The molecule has 0 spiro atoms. The second-order valence-electron chi connectivity index (χ2n) is 0.473. The molecule has 0 aliphatic rings. The fourth-order valence-electron chi connectivity index (χ4n) is 0. The summed E-state index contributed by atoms with van der Waals surface area (Å²) in [5, 5.41) is 0. The van der Waals surface area contributed by atoms with E-state index in [1.54, 1.807) is 0 Å². The van der Waals surface area contributed by atoms with Crippen molar-refractivity contribution < 1.29 is 18.5 Å². The first-order chi connectivity index (χ1) is 2.00. The first kappa shape index (κ1) is 9.84. The number of rotatable bonds is 0. The Morgan fingerprint density at radius 1 is 1.50 bits per heavy atom. The van der Waals surface area contributed by atoms with E-state index in [2.05, 4.69) is 0 Å². The summed E-state index contributed by atoms with van der Waals surface area (Å²) < 4.78 is 19.0. The maximum atomic E-state index is 10.4. The van der Waals surface area contributed by atoms with Crippen molar-refractivity contribution in [1.29, 1.82) is 0 Å². The van der Waals surface area contributed by atoms with Crippen LogP contribution in [-0.2, 0) is 4.57 Å². The van der Waals surface area contributed by atoms with E-state index < -0.39 is 7.91 Å². The van der Waals surface area contributed by atoms with Crippen LogP contribution in [0.3, 0.4) is 0 Å². The van der Waals surface area contributed by atoms with Gasteiger partial charge in [-0.3, -0.25) is 9.79 Å². The van der Waals surface area contributed by atoms with Gasteiger partial charge in [0.25, 0.3) is 0 Å². The second kappa shape index (κ2) is 2.79. The van der Waals surface area contributed by atoms with E-state index in [0.29, 0.717) is 0 Å². The maximum Gasteiger partial charge on any atom is 0.507 e.